The molecule has 0 aliphatic heterocycles. The van der Waals surface area contributed by atoms with Crippen LogP contribution in [0, 0.1) is 12.7 Å². The summed E-state index contributed by atoms with van der Waals surface area (Å²) in [7, 11) is 0. The molecule has 0 bridgehead atoms. The highest BCUT2D eigenvalue weighted by Crippen LogP contribution is 2.28. The average Bonchev–Trinajstić information content (AvgIpc) is 2.42. The molecule has 0 aliphatic carbocycles. The second kappa shape index (κ2) is 6.53. The van der Waals surface area contributed by atoms with Crippen molar-refractivity contribution in [3.8, 4) is 11.5 Å². The highest BCUT2D eigenvalue weighted by molar-refractivity contribution is 5.41. The largest absolute Gasteiger partial charge is 0.457 e. The van der Waals surface area contributed by atoms with E-state index in [9.17, 15) is 4.39 Å². The number of halogens is 1. The molecule has 0 spiro atoms. The lowest BCUT2D eigenvalue weighted by Gasteiger charge is -2.14. The molecule has 2 rings (SSSR count). The summed E-state index contributed by atoms with van der Waals surface area (Å²) < 4.78 is 19.2. The number of rotatable bonds is 5. The van der Waals surface area contributed by atoms with Gasteiger partial charge in [0.2, 0.25) is 0 Å². The highest BCUT2D eigenvalue weighted by Gasteiger charge is 2.07. The quantitative estimate of drug-likeness (QED) is 0.870. The fraction of sp³-hybridized carbons (Fsp3) is 0.294. The first-order valence-corrected chi connectivity index (χ1v) is 6.81. The van der Waals surface area contributed by atoms with Gasteiger partial charge in [-0.15, -0.1) is 0 Å². The van der Waals surface area contributed by atoms with Crippen LogP contribution in [0.5, 0.6) is 11.5 Å². The van der Waals surface area contributed by atoms with Crippen LogP contribution in [-0.2, 0) is 6.54 Å². The van der Waals surface area contributed by atoms with Crippen LogP contribution in [0.15, 0.2) is 42.5 Å². The Balaban J connectivity index is 2.22. The number of para-hydroxylation sites is 1. The molecule has 0 radical (unpaired) electrons. The second-order valence-electron chi connectivity index (χ2n) is 5.16. The van der Waals surface area contributed by atoms with Crippen molar-refractivity contribution in [2.75, 3.05) is 0 Å². The average molecular weight is 273 g/mol. The van der Waals surface area contributed by atoms with Gasteiger partial charge in [0.05, 0.1) is 0 Å². The summed E-state index contributed by atoms with van der Waals surface area (Å²) in [5, 5.41) is 3.36. The van der Waals surface area contributed by atoms with Gasteiger partial charge in [-0.1, -0.05) is 38.1 Å². The SMILES string of the molecule is Cc1ccc(F)cc1Oc1ccccc1CNC(C)C. The third-order valence-electron chi connectivity index (χ3n) is 3.04. The normalized spacial score (nSPS) is 10.8. The summed E-state index contributed by atoms with van der Waals surface area (Å²) in [6.07, 6.45) is 0. The predicted molar refractivity (Wildman–Crippen MR) is 79.6 cm³/mol. The van der Waals surface area contributed by atoms with E-state index in [0.29, 0.717) is 11.8 Å². The van der Waals surface area contributed by atoms with Crippen molar-refractivity contribution in [2.45, 2.75) is 33.4 Å². The van der Waals surface area contributed by atoms with Crippen LogP contribution in [0.1, 0.15) is 25.0 Å². The Bertz CT molecular complexity index is 581. The van der Waals surface area contributed by atoms with Gasteiger partial charge in [0.15, 0.2) is 0 Å². The minimum Gasteiger partial charge on any atom is -0.457 e. The fourth-order valence-corrected chi connectivity index (χ4v) is 1.87. The first kappa shape index (κ1) is 14.5. The van der Waals surface area contributed by atoms with Crippen molar-refractivity contribution in [2.24, 2.45) is 0 Å². The van der Waals surface area contributed by atoms with E-state index < -0.39 is 0 Å². The van der Waals surface area contributed by atoms with Gasteiger partial charge in [0, 0.05) is 24.2 Å². The Morgan fingerprint density at radius 3 is 2.60 bits per heavy atom. The summed E-state index contributed by atoms with van der Waals surface area (Å²) in [6, 6.07) is 12.8. The van der Waals surface area contributed by atoms with Gasteiger partial charge in [0.1, 0.15) is 17.3 Å². The van der Waals surface area contributed by atoms with E-state index in [1.54, 1.807) is 6.07 Å². The zero-order valence-corrected chi connectivity index (χ0v) is 12.1. The van der Waals surface area contributed by atoms with Crippen molar-refractivity contribution >= 4 is 0 Å². The van der Waals surface area contributed by atoms with Gasteiger partial charge in [-0.3, -0.25) is 0 Å². The molecule has 0 unspecified atom stereocenters. The van der Waals surface area contributed by atoms with Crippen molar-refractivity contribution in [3.05, 3.63) is 59.4 Å². The zero-order chi connectivity index (χ0) is 14.5. The Kier molecular flexibility index (Phi) is 4.74. The van der Waals surface area contributed by atoms with E-state index in [0.717, 1.165) is 23.4 Å². The van der Waals surface area contributed by atoms with Gasteiger partial charge < -0.3 is 10.1 Å². The van der Waals surface area contributed by atoms with E-state index in [1.807, 2.05) is 31.2 Å². The van der Waals surface area contributed by atoms with Gasteiger partial charge in [0.25, 0.3) is 0 Å². The van der Waals surface area contributed by atoms with Crippen LogP contribution in [0.4, 0.5) is 4.39 Å². The van der Waals surface area contributed by atoms with Gasteiger partial charge in [-0.25, -0.2) is 4.39 Å². The number of benzene rings is 2. The van der Waals surface area contributed by atoms with Gasteiger partial charge in [-0.05, 0) is 24.6 Å². The van der Waals surface area contributed by atoms with Crippen molar-refractivity contribution in [1.82, 2.24) is 5.32 Å². The van der Waals surface area contributed by atoms with E-state index in [1.165, 1.54) is 12.1 Å². The second-order valence-corrected chi connectivity index (χ2v) is 5.16. The smallest absolute Gasteiger partial charge is 0.133 e. The molecule has 3 heteroatoms. The Hall–Kier alpha value is -1.87. The van der Waals surface area contributed by atoms with Crippen molar-refractivity contribution in [3.63, 3.8) is 0 Å². The predicted octanol–water partition coefficient (Wildman–Crippen LogP) is 4.42. The molecule has 0 atom stereocenters. The fourth-order valence-electron chi connectivity index (χ4n) is 1.87. The Morgan fingerprint density at radius 2 is 1.85 bits per heavy atom. The lowest BCUT2D eigenvalue weighted by atomic mass is 10.1. The van der Waals surface area contributed by atoms with Crippen LogP contribution in [0.3, 0.4) is 0 Å². The number of nitrogens with one attached hydrogen (secondary N) is 1. The number of ether oxygens (including phenoxy) is 1. The van der Waals surface area contributed by atoms with Gasteiger partial charge in [-0.2, -0.15) is 0 Å². The summed E-state index contributed by atoms with van der Waals surface area (Å²) in [6.45, 7) is 6.83. The lowest BCUT2D eigenvalue weighted by molar-refractivity contribution is 0.461. The van der Waals surface area contributed by atoms with Crippen LogP contribution in [0.2, 0.25) is 0 Å². The molecule has 0 saturated heterocycles. The molecule has 20 heavy (non-hydrogen) atoms. The highest BCUT2D eigenvalue weighted by atomic mass is 19.1. The van der Waals surface area contributed by atoms with E-state index >= 15 is 0 Å². The van der Waals surface area contributed by atoms with E-state index in [-0.39, 0.29) is 5.82 Å². The van der Waals surface area contributed by atoms with Crippen LogP contribution < -0.4 is 10.1 Å². The molecule has 2 nitrogen and oxygen atoms in total. The third kappa shape index (κ3) is 3.81. The monoisotopic (exact) mass is 273 g/mol. The molecular weight excluding hydrogens is 253 g/mol. The maximum absolute atomic E-state index is 13.3. The molecule has 2 aromatic rings. The molecule has 2 aromatic carbocycles. The molecule has 106 valence electrons. The maximum Gasteiger partial charge on any atom is 0.133 e. The first-order valence-electron chi connectivity index (χ1n) is 6.81. The Morgan fingerprint density at radius 1 is 1.10 bits per heavy atom. The van der Waals surface area contributed by atoms with Crippen molar-refractivity contribution < 1.29 is 9.13 Å². The molecule has 0 heterocycles. The first-order chi connectivity index (χ1) is 9.56. The van der Waals surface area contributed by atoms with Crippen molar-refractivity contribution in [1.29, 1.82) is 0 Å². The zero-order valence-electron chi connectivity index (χ0n) is 12.1. The molecule has 0 amide bonds. The number of aryl methyl sites for hydroxylation is 1. The molecular formula is C17H20FNO. The summed E-state index contributed by atoms with van der Waals surface area (Å²) in [5.74, 6) is 1.03. The lowest BCUT2D eigenvalue weighted by Crippen LogP contribution is -2.22. The molecule has 1 N–H and O–H groups in total. The summed E-state index contributed by atoms with van der Waals surface area (Å²) in [5.41, 5.74) is 1.97. The number of hydrogen-bond acceptors (Lipinski definition) is 2. The molecule has 0 fully saturated rings. The molecule has 0 aliphatic rings. The van der Waals surface area contributed by atoms with Gasteiger partial charge >= 0.3 is 0 Å². The third-order valence-corrected chi connectivity index (χ3v) is 3.04. The van der Waals surface area contributed by atoms with Crippen LogP contribution >= 0.6 is 0 Å². The molecule has 0 saturated carbocycles. The Labute approximate surface area is 119 Å². The van der Waals surface area contributed by atoms with Crippen LogP contribution in [-0.4, -0.2) is 6.04 Å². The maximum atomic E-state index is 13.3. The molecule has 0 aromatic heterocycles. The summed E-state index contributed by atoms with van der Waals surface area (Å²) >= 11 is 0. The minimum atomic E-state index is -0.289. The standard InChI is InChI=1S/C17H20FNO/c1-12(2)19-11-14-6-4-5-7-16(14)20-17-10-15(18)9-8-13(17)3/h4-10,12,19H,11H2,1-3H3. The summed E-state index contributed by atoms with van der Waals surface area (Å²) in [4.78, 5) is 0. The number of hydrogen-bond donors (Lipinski definition) is 1. The topological polar surface area (TPSA) is 21.3 Å². The van der Waals surface area contributed by atoms with Crippen LogP contribution in [0.25, 0.3) is 0 Å². The van der Waals surface area contributed by atoms with E-state index in [4.69, 9.17) is 4.74 Å². The minimum absolute atomic E-state index is 0.289. The van der Waals surface area contributed by atoms with E-state index in [2.05, 4.69) is 19.2 Å².